The van der Waals surface area contributed by atoms with Gasteiger partial charge in [-0.15, -0.1) is 0 Å². The summed E-state index contributed by atoms with van der Waals surface area (Å²) in [5.74, 6) is -65.8. The van der Waals surface area contributed by atoms with Gasteiger partial charge in [-0.2, -0.15) is 83.4 Å². The number of hydrogen-bond donors (Lipinski definition) is 0. The predicted molar refractivity (Wildman–Crippen MR) is 77.3 cm³/mol. The van der Waals surface area contributed by atoms with Crippen LogP contribution in [0.3, 0.4) is 0 Å². The van der Waals surface area contributed by atoms with Crippen LogP contribution in [0.2, 0.25) is 6.04 Å². The fraction of sp³-hybridized carbons (Fsp3) is 1.00. The Hall–Kier alpha value is -1.15. The second-order valence-electron chi connectivity index (χ2n) is 7.13. The van der Waals surface area contributed by atoms with Crippen LogP contribution in [0.5, 0.6) is 0 Å². The number of rotatable bonds is 11. The SMILES string of the molecule is CN(C)[SiH2]CCC(F)(F)C(F)(F)C(F)(F)C(F)(F)C(F)(F)C(F)(F)C(F)(F)C(F)(F)C(F)(F)F. The molecule has 0 spiro atoms. The molecule has 0 aromatic heterocycles. The van der Waals surface area contributed by atoms with Crippen molar-refractivity contribution in [2.45, 2.75) is 66.0 Å². The van der Waals surface area contributed by atoms with E-state index in [4.69, 9.17) is 0 Å². The van der Waals surface area contributed by atoms with Crippen LogP contribution in [-0.4, -0.2) is 81.9 Å². The third kappa shape index (κ3) is 4.53. The predicted octanol–water partition coefficient (Wildman–Crippen LogP) is 6.08. The molecule has 34 heavy (non-hydrogen) atoms. The van der Waals surface area contributed by atoms with Gasteiger partial charge < -0.3 is 4.57 Å². The van der Waals surface area contributed by atoms with Crippen LogP contribution < -0.4 is 0 Å². The number of hydrogen-bond acceptors (Lipinski definition) is 1. The van der Waals surface area contributed by atoms with Gasteiger partial charge in [0.15, 0.2) is 0 Å². The van der Waals surface area contributed by atoms with Gasteiger partial charge >= 0.3 is 53.6 Å². The highest BCUT2D eigenvalue weighted by Crippen LogP contribution is 2.65. The standard InChI is InChI=1S/C13H12F19NSi/c1-33(2)34-4-3-5(14,15)6(16,17)7(18,19)8(20,21)9(22,23)10(24,25)11(26,27)12(28,29)13(30,31)32/h3-4,34H2,1-2H3. The monoisotopic (exact) mass is 571 g/mol. The molecule has 0 bridgehead atoms. The third-order valence-electron chi connectivity index (χ3n) is 4.28. The van der Waals surface area contributed by atoms with E-state index < -0.39 is 75.7 Å². The minimum atomic E-state index is -8.86. The molecule has 0 N–H and O–H groups in total. The molecule has 0 heterocycles. The molecule has 0 fully saturated rings. The summed E-state index contributed by atoms with van der Waals surface area (Å²) in [6, 6.07) is -1.10. The van der Waals surface area contributed by atoms with Crippen molar-refractivity contribution in [3.63, 3.8) is 0 Å². The number of alkyl halides is 19. The van der Waals surface area contributed by atoms with Crippen LogP contribution in [0.25, 0.3) is 0 Å². The minimum Gasteiger partial charge on any atom is -0.334 e. The molecular formula is C13H12F19NSi. The van der Waals surface area contributed by atoms with Crippen LogP contribution >= 0.6 is 0 Å². The number of nitrogens with zero attached hydrogens (tertiary/aromatic N) is 1. The van der Waals surface area contributed by atoms with Gasteiger partial charge in [-0.25, -0.2) is 0 Å². The molecule has 0 aliphatic heterocycles. The minimum absolute atomic E-state index is 1.08. The maximum atomic E-state index is 13.6. The molecule has 0 aliphatic carbocycles. The summed E-state index contributed by atoms with van der Waals surface area (Å²) in [6.07, 6.45) is -10.3. The zero-order valence-corrected chi connectivity index (χ0v) is 17.7. The van der Waals surface area contributed by atoms with E-state index >= 15 is 0 Å². The molecule has 0 aliphatic rings. The summed E-state index contributed by atoms with van der Waals surface area (Å²) in [5.41, 5.74) is 0. The molecular weight excluding hydrogens is 559 g/mol. The highest BCUT2D eigenvalue weighted by Gasteiger charge is 2.96. The normalized spacial score (nSPS) is 16.8. The lowest BCUT2D eigenvalue weighted by Crippen LogP contribution is -2.75. The molecule has 0 radical (unpaired) electrons. The summed E-state index contributed by atoms with van der Waals surface area (Å²) in [5, 5.41) is 0. The van der Waals surface area contributed by atoms with E-state index in [1.165, 1.54) is 0 Å². The van der Waals surface area contributed by atoms with E-state index in [-0.39, 0.29) is 0 Å². The molecule has 0 saturated carbocycles. The van der Waals surface area contributed by atoms with Crippen molar-refractivity contribution in [2.24, 2.45) is 0 Å². The smallest absolute Gasteiger partial charge is 0.334 e. The van der Waals surface area contributed by atoms with Gasteiger partial charge in [0, 0.05) is 6.42 Å². The van der Waals surface area contributed by atoms with E-state index in [1.807, 2.05) is 0 Å². The van der Waals surface area contributed by atoms with Crippen LogP contribution in [0, 0.1) is 0 Å². The Morgan fingerprint density at radius 3 is 0.971 bits per heavy atom. The molecule has 0 aromatic rings. The highest BCUT2D eigenvalue weighted by molar-refractivity contribution is 6.31. The van der Waals surface area contributed by atoms with E-state index in [9.17, 15) is 83.4 Å². The van der Waals surface area contributed by atoms with Gasteiger partial charge in [0.1, 0.15) is 0 Å². The first kappa shape index (κ1) is 32.8. The Morgan fingerprint density at radius 1 is 0.441 bits per heavy atom. The highest BCUT2D eigenvalue weighted by atomic mass is 28.2. The van der Waals surface area contributed by atoms with Crippen molar-refractivity contribution in [2.75, 3.05) is 14.1 Å². The lowest BCUT2D eigenvalue weighted by atomic mass is 9.87. The average molecular weight is 571 g/mol. The van der Waals surface area contributed by atoms with E-state index in [2.05, 4.69) is 0 Å². The maximum absolute atomic E-state index is 13.6. The Balaban J connectivity index is 6.66. The van der Waals surface area contributed by atoms with Crippen molar-refractivity contribution in [1.29, 1.82) is 0 Å². The zero-order chi connectivity index (χ0) is 28.2. The van der Waals surface area contributed by atoms with Gasteiger partial charge in [-0.05, 0) is 20.1 Å². The second kappa shape index (κ2) is 8.75. The molecule has 1 nitrogen and oxygen atoms in total. The van der Waals surface area contributed by atoms with Gasteiger partial charge in [0.2, 0.25) is 0 Å². The topological polar surface area (TPSA) is 3.24 Å². The third-order valence-corrected chi connectivity index (χ3v) is 5.84. The maximum Gasteiger partial charge on any atom is 0.460 e. The molecule has 206 valence electrons. The molecule has 0 rings (SSSR count). The van der Waals surface area contributed by atoms with Crippen molar-refractivity contribution in [3.8, 4) is 0 Å². The van der Waals surface area contributed by atoms with Crippen molar-refractivity contribution in [1.82, 2.24) is 4.57 Å². The number of halogens is 19. The van der Waals surface area contributed by atoms with Gasteiger partial charge in [-0.3, -0.25) is 0 Å². The van der Waals surface area contributed by atoms with Crippen LogP contribution in [-0.2, 0) is 0 Å². The Bertz CT molecular complexity index is 709. The molecule has 0 atom stereocenters. The van der Waals surface area contributed by atoms with E-state index in [1.54, 1.807) is 0 Å². The Kier molecular flexibility index (Phi) is 8.45. The van der Waals surface area contributed by atoms with Crippen LogP contribution in [0.4, 0.5) is 83.4 Å². The van der Waals surface area contributed by atoms with Gasteiger partial charge in [-0.1, -0.05) is 0 Å². The summed E-state index contributed by atoms with van der Waals surface area (Å²) in [4.78, 5) is 0. The molecule has 0 amide bonds. The van der Waals surface area contributed by atoms with Crippen LogP contribution in [0.1, 0.15) is 6.42 Å². The van der Waals surface area contributed by atoms with Crippen molar-refractivity contribution < 1.29 is 83.4 Å². The summed E-state index contributed by atoms with van der Waals surface area (Å²) in [6.45, 7) is 0. The summed E-state index contributed by atoms with van der Waals surface area (Å²) in [7, 11) is 0.378. The quantitative estimate of drug-likeness (QED) is 0.215. The van der Waals surface area contributed by atoms with E-state index in [0.29, 0.717) is 0 Å². The van der Waals surface area contributed by atoms with E-state index in [0.717, 1.165) is 18.7 Å². The molecule has 0 unspecified atom stereocenters. The van der Waals surface area contributed by atoms with Gasteiger partial charge in [0.05, 0.1) is 9.68 Å². The Labute approximate surface area is 179 Å². The van der Waals surface area contributed by atoms with Crippen LogP contribution in [0.15, 0.2) is 0 Å². The first-order chi connectivity index (χ1) is 14.4. The fourth-order valence-corrected chi connectivity index (χ4v) is 3.40. The molecule has 0 aromatic carbocycles. The average Bonchev–Trinajstić information content (AvgIpc) is 2.58. The summed E-state index contributed by atoms with van der Waals surface area (Å²) >= 11 is 0. The molecule has 0 saturated heterocycles. The van der Waals surface area contributed by atoms with Crippen molar-refractivity contribution in [3.05, 3.63) is 0 Å². The first-order valence-corrected chi connectivity index (χ1v) is 9.79. The largest absolute Gasteiger partial charge is 0.460 e. The summed E-state index contributed by atoms with van der Waals surface area (Å²) < 4.78 is 250. The second-order valence-corrected chi connectivity index (χ2v) is 9.55. The fourth-order valence-electron chi connectivity index (χ4n) is 2.17. The van der Waals surface area contributed by atoms with Crippen molar-refractivity contribution >= 4 is 9.68 Å². The first-order valence-electron chi connectivity index (χ1n) is 8.15. The van der Waals surface area contributed by atoms with Gasteiger partial charge in [0.25, 0.3) is 0 Å². The zero-order valence-electron chi connectivity index (χ0n) is 16.2. The lowest BCUT2D eigenvalue weighted by molar-refractivity contribution is -0.468. The lowest BCUT2D eigenvalue weighted by Gasteiger charge is -2.43. The molecule has 21 heteroatoms. The Morgan fingerprint density at radius 2 is 0.706 bits per heavy atom.